The van der Waals surface area contributed by atoms with E-state index < -0.39 is 21.5 Å². The van der Waals surface area contributed by atoms with Crippen LogP contribution in [0.3, 0.4) is 0 Å². The van der Waals surface area contributed by atoms with Crippen LogP contribution in [0.4, 0.5) is 0 Å². The van der Waals surface area contributed by atoms with Crippen LogP contribution >= 0.6 is 0 Å². The van der Waals surface area contributed by atoms with E-state index in [1.54, 1.807) is 24.3 Å². The number of furan rings is 2. The first-order valence-corrected chi connectivity index (χ1v) is 14.5. The molecule has 0 aliphatic carbocycles. The minimum Gasteiger partial charge on any atom is -0.744 e. The first kappa shape index (κ1) is 32.7. The summed E-state index contributed by atoms with van der Waals surface area (Å²) in [5.74, 6) is 1.47. The van der Waals surface area contributed by atoms with E-state index in [0.29, 0.717) is 22.7 Å². The molecule has 0 radical (unpaired) electrons. The second-order valence-electron chi connectivity index (χ2n) is 9.32. The molecule has 12 heteroatoms. The molecule has 1 unspecified atom stereocenters. The molecule has 2 heterocycles. The van der Waals surface area contributed by atoms with E-state index in [4.69, 9.17) is 13.0 Å². The van der Waals surface area contributed by atoms with Crippen LogP contribution in [0.1, 0.15) is 11.1 Å². The Morgan fingerprint density at radius 3 is 1.55 bits per heavy atom. The van der Waals surface area contributed by atoms with E-state index in [1.165, 1.54) is 12.1 Å². The van der Waals surface area contributed by atoms with Gasteiger partial charge in [-0.2, -0.15) is 0 Å². The van der Waals surface area contributed by atoms with Crippen LogP contribution < -0.4 is 63.3 Å². The van der Waals surface area contributed by atoms with Crippen LogP contribution in [-0.4, -0.2) is 21.7 Å². The summed E-state index contributed by atoms with van der Waals surface area (Å²) in [6.07, 6.45) is 0. The van der Waals surface area contributed by atoms with Gasteiger partial charge in [0.2, 0.25) is 0 Å². The third-order valence-electron chi connectivity index (χ3n) is 6.90. The van der Waals surface area contributed by atoms with Crippen LogP contribution in [0.2, 0.25) is 0 Å². The summed E-state index contributed by atoms with van der Waals surface area (Å²) in [5.41, 5.74) is 6.33. The van der Waals surface area contributed by atoms with Crippen LogP contribution in [0.5, 0.6) is 5.75 Å². The molecule has 2 aromatic heterocycles. The predicted octanol–water partition coefficient (Wildman–Crippen LogP) is 0.882. The zero-order valence-corrected chi connectivity index (χ0v) is 28.8. The smallest absolute Gasteiger partial charge is 0.744 e. The van der Waals surface area contributed by atoms with Crippen molar-refractivity contribution in [3.8, 4) is 39.5 Å². The maximum Gasteiger partial charge on any atom is 1.00 e. The molecule has 0 saturated carbocycles. The number of fused-ring (bicyclic) bond motifs is 2. The molecule has 42 heavy (non-hydrogen) atoms. The molecule has 0 bridgehead atoms. The first-order chi connectivity index (χ1) is 19.1. The van der Waals surface area contributed by atoms with E-state index in [2.05, 4.69) is 0 Å². The van der Waals surface area contributed by atoms with Crippen molar-refractivity contribution in [2.45, 2.75) is 18.7 Å². The summed E-state index contributed by atoms with van der Waals surface area (Å²) in [4.78, 5) is -0.326. The third kappa shape index (κ3) is 6.34. The molecule has 0 spiro atoms. The molecule has 8 nitrogen and oxygen atoms in total. The third-order valence-corrected chi connectivity index (χ3v) is 8.06. The summed E-state index contributed by atoms with van der Waals surface area (Å²) >= 11 is -2.66. The Bertz CT molecular complexity index is 2050. The Balaban J connectivity index is 0.00000202. The van der Waals surface area contributed by atoms with Gasteiger partial charge in [-0.1, -0.05) is 48.5 Å². The molecule has 0 aliphatic heterocycles. The average Bonchev–Trinajstić information content (AvgIpc) is 3.44. The molecule has 0 N–H and O–H groups in total. The second-order valence-corrected chi connectivity index (χ2v) is 11.3. The predicted molar refractivity (Wildman–Crippen MR) is 149 cm³/mol. The fourth-order valence-electron chi connectivity index (χ4n) is 4.88. The normalized spacial score (nSPS) is 12.1. The molecule has 0 saturated heterocycles. The van der Waals surface area contributed by atoms with Crippen molar-refractivity contribution in [3.05, 3.63) is 96.1 Å². The Morgan fingerprint density at radius 1 is 0.667 bits per heavy atom. The van der Waals surface area contributed by atoms with Crippen LogP contribution in [0, 0.1) is 13.8 Å². The molecule has 6 aromatic rings. The van der Waals surface area contributed by atoms with Gasteiger partial charge in [0.25, 0.3) is 0 Å². The van der Waals surface area contributed by atoms with Gasteiger partial charge >= 0.3 is 59.1 Å². The summed E-state index contributed by atoms with van der Waals surface area (Å²) in [7, 11) is -4.58. The molecule has 6 rings (SSSR count). The van der Waals surface area contributed by atoms with Gasteiger partial charge in [-0.3, -0.25) is 0 Å². The molecule has 4 aromatic carbocycles. The number of rotatable bonds is 6. The van der Waals surface area contributed by atoms with Crippen molar-refractivity contribution in [2.75, 3.05) is 0 Å². The van der Waals surface area contributed by atoms with Gasteiger partial charge in [-0.25, -0.2) is 12.6 Å². The Morgan fingerprint density at radius 2 is 1.10 bits per heavy atom. The van der Waals surface area contributed by atoms with Crippen LogP contribution in [-0.2, 0) is 21.5 Å². The standard InChI is InChI=1S/C30H22O8S2.2Na/c1-17-25-13-11-23(38-39(31)32)15-27(25)36-29(17)21-7-3-19(4-8-21)20-5-9-22(10-6-20)30-18(2)26-14-12-24(40(33,34)35)16-28(26)37-30;;/h3-16H,1-2H3,(H,31,32)(H,33,34,35);;/q;2*+1/p-2. The number of benzene rings is 4. The maximum absolute atomic E-state index is 11.4. The second kappa shape index (κ2) is 12.8. The number of aryl methyl sites for hydroxylation is 2. The Kier molecular flexibility index (Phi) is 9.96. The van der Waals surface area contributed by atoms with Gasteiger partial charge in [-0.05, 0) is 55.3 Å². The van der Waals surface area contributed by atoms with Crippen molar-refractivity contribution >= 4 is 43.4 Å². The monoisotopic (exact) mass is 618 g/mol. The van der Waals surface area contributed by atoms with E-state index in [0.717, 1.165) is 44.2 Å². The molecule has 1 atom stereocenters. The quantitative estimate of drug-likeness (QED) is 0.153. The summed E-state index contributed by atoms with van der Waals surface area (Å²) < 4.78 is 72.6. The minimum absolute atomic E-state index is 0. The van der Waals surface area contributed by atoms with Gasteiger partial charge in [0, 0.05) is 39.1 Å². The van der Waals surface area contributed by atoms with Gasteiger partial charge in [0.1, 0.15) is 49.9 Å². The maximum atomic E-state index is 11.4. The van der Waals surface area contributed by atoms with Crippen molar-refractivity contribution in [3.63, 3.8) is 0 Å². The van der Waals surface area contributed by atoms with Crippen molar-refractivity contribution < 1.29 is 93.9 Å². The molecule has 0 amide bonds. The average molecular weight is 619 g/mol. The fraction of sp³-hybridized carbons (Fsp3) is 0.0667. The minimum atomic E-state index is -4.58. The largest absolute Gasteiger partial charge is 1.00 e. The molecule has 0 aliphatic rings. The zero-order valence-electron chi connectivity index (χ0n) is 23.2. The molecule has 202 valence electrons. The molecular formula is C30H20Na2O8S2. The topological polar surface area (TPSA) is 133 Å². The summed E-state index contributed by atoms with van der Waals surface area (Å²) in [6.45, 7) is 3.83. The summed E-state index contributed by atoms with van der Waals surface area (Å²) in [6, 6.07) is 24.7. The van der Waals surface area contributed by atoms with Gasteiger partial charge in [-0.15, -0.1) is 0 Å². The van der Waals surface area contributed by atoms with E-state index in [-0.39, 0.29) is 69.8 Å². The van der Waals surface area contributed by atoms with E-state index >= 15 is 0 Å². The number of hydrogen-bond donors (Lipinski definition) is 0. The molecular weight excluding hydrogens is 598 g/mol. The fourth-order valence-corrected chi connectivity index (χ4v) is 5.62. The van der Waals surface area contributed by atoms with E-state index in [9.17, 15) is 21.7 Å². The number of hydrogen-bond acceptors (Lipinski definition) is 8. The van der Waals surface area contributed by atoms with Gasteiger partial charge in [0.05, 0.1) is 4.90 Å². The van der Waals surface area contributed by atoms with Crippen molar-refractivity contribution in [1.29, 1.82) is 0 Å². The Labute approximate surface area is 288 Å². The van der Waals surface area contributed by atoms with E-state index in [1.807, 2.05) is 62.4 Å². The van der Waals surface area contributed by atoms with Crippen LogP contribution in [0.15, 0.2) is 98.7 Å². The molecule has 0 fully saturated rings. The SMILES string of the molecule is Cc1c(-c2ccc(-c3ccc(-c4oc5cc(S(=O)(=O)[O-])ccc5c4C)cc3)cc2)oc2cc(OS(=O)[O-])ccc12.[Na+].[Na+]. The van der Waals surface area contributed by atoms with Gasteiger partial charge < -0.3 is 22.1 Å². The van der Waals surface area contributed by atoms with Crippen molar-refractivity contribution in [2.24, 2.45) is 0 Å². The zero-order chi connectivity index (χ0) is 28.2. The first-order valence-electron chi connectivity index (χ1n) is 12.1. The Hall–Kier alpha value is -2.22. The van der Waals surface area contributed by atoms with Crippen LogP contribution in [0.25, 0.3) is 55.7 Å². The van der Waals surface area contributed by atoms with Gasteiger partial charge in [0.15, 0.2) is 0 Å². The van der Waals surface area contributed by atoms with Crippen molar-refractivity contribution in [1.82, 2.24) is 0 Å². The summed E-state index contributed by atoms with van der Waals surface area (Å²) in [5, 5.41) is 1.61.